The minimum absolute atomic E-state index is 0.0418. The molecule has 0 radical (unpaired) electrons. The van der Waals surface area contributed by atoms with Crippen molar-refractivity contribution in [3.63, 3.8) is 0 Å². The molecule has 0 fully saturated rings. The molecule has 5 rings (SSSR count). The van der Waals surface area contributed by atoms with Gasteiger partial charge in [0.2, 0.25) is 0 Å². The number of H-pyrrole nitrogens is 1. The zero-order valence-corrected chi connectivity index (χ0v) is 21.0. The van der Waals surface area contributed by atoms with Gasteiger partial charge in [0.05, 0.1) is 12.2 Å². The Morgan fingerprint density at radius 2 is 1.89 bits per heavy atom. The second-order valence-corrected chi connectivity index (χ2v) is 9.22. The zero-order chi connectivity index (χ0) is 24.4. The highest BCUT2D eigenvalue weighted by Crippen LogP contribution is 2.28. The highest BCUT2D eigenvalue weighted by Gasteiger charge is 2.16. The van der Waals surface area contributed by atoms with E-state index in [9.17, 15) is 4.79 Å². The smallest absolute Gasteiger partial charge is 0.292 e. The topological polar surface area (TPSA) is 94.3 Å². The molecule has 1 N–H and O–H groups in total. The lowest BCUT2D eigenvalue weighted by Crippen LogP contribution is -2.25. The minimum atomic E-state index is -0.0418. The number of benzene rings is 2. The van der Waals surface area contributed by atoms with E-state index in [0.29, 0.717) is 18.1 Å². The van der Waals surface area contributed by atoms with Crippen LogP contribution in [0.5, 0.6) is 0 Å². The Bertz CT molecular complexity index is 1500. The molecule has 3 heterocycles. The number of imidazole rings is 1. The standard InChI is InChI=1S/C26H24BrN7O/c1-3-6-20-16-34(24-17(2)7-4-9-22(24)27)26(35)33(20)15-18-10-12-19(13-11-18)21-8-5-14-28-23(21)25-29-31-32-30-25/h4-5,7-14,16H,3,6,15H2,1-2H3,(H,29,30,31,32). The lowest BCUT2D eigenvalue weighted by atomic mass is 10.0. The van der Waals surface area contributed by atoms with E-state index in [0.717, 1.165) is 50.9 Å². The molecule has 0 amide bonds. The number of halogens is 1. The number of nitrogens with zero attached hydrogens (tertiary/aromatic N) is 6. The molecule has 176 valence electrons. The Morgan fingerprint density at radius 3 is 2.60 bits per heavy atom. The van der Waals surface area contributed by atoms with E-state index in [1.807, 2.05) is 72.3 Å². The minimum Gasteiger partial charge on any atom is -0.292 e. The second kappa shape index (κ2) is 9.79. The molecule has 35 heavy (non-hydrogen) atoms. The number of pyridine rings is 1. The fourth-order valence-corrected chi connectivity index (χ4v) is 4.96. The van der Waals surface area contributed by atoms with Crippen molar-refractivity contribution in [3.8, 4) is 28.3 Å². The van der Waals surface area contributed by atoms with Gasteiger partial charge < -0.3 is 0 Å². The zero-order valence-electron chi connectivity index (χ0n) is 19.4. The van der Waals surface area contributed by atoms with Crippen molar-refractivity contribution < 1.29 is 0 Å². The molecule has 8 nitrogen and oxygen atoms in total. The van der Waals surface area contributed by atoms with Gasteiger partial charge in [-0.25, -0.2) is 9.89 Å². The Balaban J connectivity index is 1.49. The molecule has 9 heteroatoms. The third-order valence-corrected chi connectivity index (χ3v) is 6.62. The summed E-state index contributed by atoms with van der Waals surface area (Å²) >= 11 is 3.62. The largest absolute Gasteiger partial charge is 0.333 e. The van der Waals surface area contributed by atoms with Gasteiger partial charge in [0.15, 0.2) is 5.82 Å². The fraction of sp³-hybridized carbons (Fsp3) is 0.192. The first kappa shape index (κ1) is 22.9. The summed E-state index contributed by atoms with van der Waals surface area (Å²) in [6.07, 6.45) is 5.47. The SMILES string of the molecule is CCCc1cn(-c2c(C)cccc2Br)c(=O)n1Cc1ccc(-c2cccnc2-c2nnn[nH]2)cc1. The molecule has 0 bridgehead atoms. The summed E-state index contributed by atoms with van der Waals surface area (Å²) in [5.74, 6) is 0.518. The molecule has 0 aliphatic carbocycles. The quantitative estimate of drug-likeness (QED) is 0.321. The number of para-hydroxylation sites is 1. The first-order valence-electron chi connectivity index (χ1n) is 11.4. The molecule has 3 aromatic heterocycles. The van der Waals surface area contributed by atoms with Gasteiger partial charge in [-0.2, -0.15) is 0 Å². The lowest BCUT2D eigenvalue weighted by molar-refractivity contribution is 0.691. The fourth-order valence-electron chi connectivity index (χ4n) is 4.30. The van der Waals surface area contributed by atoms with Crippen molar-refractivity contribution in [2.24, 2.45) is 0 Å². The Hall–Kier alpha value is -3.85. The van der Waals surface area contributed by atoms with Crippen LogP contribution in [0, 0.1) is 6.92 Å². The maximum Gasteiger partial charge on any atom is 0.333 e. The van der Waals surface area contributed by atoms with Crippen molar-refractivity contribution in [2.75, 3.05) is 0 Å². The molecule has 0 aliphatic heterocycles. The van der Waals surface area contributed by atoms with E-state index < -0.39 is 0 Å². The van der Waals surface area contributed by atoms with E-state index >= 15 is 0 Å². The molecule has 0 unspecified atom stereocenters. The van der Waals surface area contributed by atoms with Crippen molar-refractivity contribution in [2.45, 2.75) is 33.2 Å². The average Bonchev–Trinajstić information content (AvgIpc) is 3.50. The van der Waals surface area contributed by atoms with Crippen LogP contribution in [0.3, 0.4) is 0 Å². The second-order valence-electron chi connectivity index (χ2n) is 8.36. The monoisotopic (exact) mass is 529 g/mol. The van der Waals surface area contributed by atoms with Gasteiger partial charge in [0, 0.05) is 28.1 Å². The summed E-state index contributed by atoms with van der Waals surface area (Å²) in [6, 6.07) is 18.0. The van der Waals surface area contributed by atoms with Gasteiger partial charge in [-0.1, -0.05) is 55.8 Å². The molecule has 0 spiro atoms. The van der Waals surface area contributed by atoms with E-state index in [-0.39, 0.29) is 5.69 Å². The third-order valence-electron chi connectivity index (χ3n) is 5.98. The first-order chi connectivity index (χ1) is 17.1. The number of aromatic amines is 1. The van der Waals surface area contributed by atoms with Crippen LogP contribution in [0.15, 0.2) is 76.3 Å². The molecular formula is C26H24BrN7O. The highest BCUT2D eigenvalue weighted by molar-refractivity contribution is 9.10. The van der Waals surface area contributed by atoms with Crippen molar-refractivity contribution in [1.82, 2.24) is 34.7 Å². The molecule has 0 atom stereocenters. The van der Waals surface area contributed by atoms with Crippen LogP contribution in [0.1, 0.15) is 30.2 Å². The molecule has 5 aromatic rings. The summed E-state index contributed by atoms with van der Waals surface area (Å²) in [5, 5.41) is 14.1. The third kappa shape index (κ3) is 4.46. The summed E-state index contributed by atoms with van der Waals surface area (Å²) in [7, 11) is 0. The van der Waals surface area contributed by atoms with Gasteiger partial charge in [-0.3, -0.25) is 14.1 Å². The Morgan fingerprint density at radius 1 is 1.06 bits per heavy atom. The highest BCUT2D eigenvalue weighted by atomic mass is 79.9. The van der Waals surface area contributed by atoms with Crippen LogP contribution >= 0.6 is 15.9 Å². The molecule has 0 saturated heterocycles. The lowest BCUT2D eigenvalue weighted by Gasteiger charge is -2.10. The van der Waals surface area contributed by atoms with Crippen LogP contribution in [-0.4, -0.2) is 34.7 Å². The molecule has 0 saturated carbocycles. The van der Waals surface area contributed by atoms with Crippen LogP contribution in [0.4, 0.5) is 0 Å². The van der Waals surface area contributed by atoms with Crippen LogP contribution < -0.4 is 5.69 Å². The predicted molar refractivity (Wildman–Crippen MR) is 138 cm³/mol. The summed E-state index contributed by atoms with van der Waals surface area (Å²) in [6.45, 7) is 4.64. The summed E-state index contributed by atoms with van der Waals surface area (Å²) in [5.41, 5.74) is 6.56. The Labute approximate surface area is 210 Å². The van der Waals surface area contributed by atoms with E-state index in [1.165, 1.54) is 0 Å². The van der Waals surface area contributed by atoms with Crippen molar-refractivity contribution >= 4 is 15.9 Å². The van der Waals surface area contributed by atoms with E-state index in [1.54, 1.807) is 10.8 Å². The predicted octanol–water partition coefficient (Wildman–Crippen LogP) is 4.95. The molecular weight excluding hydrogens is 506 g/mol. The number of nitrogens with one attached hydrogen (secondary N) is 1. The van der Waals surface area contributed by atoms with Crippen molar-refractivity contribution in [1.29, 1.82) is 0 Å². The normalized spacial score (nSPS) is 11.2. The van der Waals surface area contributed by atoms with Crippen LogP contribution in [0.2, 0.25) is 0 Å². The molecule has 2 aromatic carbocycles. The number of aromatic nitrogens is 7. The van der Waals surface area contributed by atoms with Gasteiger partial charge >= 0.3 is 5.69 Å². The number of hydrogen-bond donors (Lipinski definition) is 1. The number of aryl methyl sites for hydroxylation is 2. The van der Waals surface area contributed by atoms with Crippen molar-refractivity contribution in [3.05, 3.63) is 98.8 Å². The number of tetrazole rings is 1. The van der Waals surface area contributed by atoms with Crippen LogP contribution in [0.25, 0.3) is 28.3 Å². The van der Waals surface area contributed by atoms with Gasteiger partial charge in [0.25, 0.3) is 0 Å². The number of rotatable bonds is 7. The van der Waals surface area contributed by atoms with Crippen LogP contribution in [-0.2, 0) is 13.0 Å². The van der Waals surface area contributed by atoms with Gasteiger partial charge in [-0.15, -0.1) is 5.10 Å². The Kier molecular flexibility index (Phi) is 6.41. The maximum absolute atomic E-state index is 13.5. The average molecular weight is 530 g/mol. The van der Waals surface area contributed by atoms with E-state index in [2.05, 4.69) is 48.5 Å². The van der Waals surface area contributed by atoms with Gasteiger partial charge in [0.1, 0.15) is 5.69 Å². The number of hydrogen-bond acceptors (Lipinski definition) is 5. The maximum atomic E-state index is 13.5. The molecule has 0 aliphatic rings. The summed E-state index contributed by atoms with van der Waals surface area (Å²) in [4.78, 5) is 18.0. The first-order valence-corrected chi connectivity index (χ1v) is 12.2. The van der Waals surface area contributed by atoms with Gasteiger partial charge in [-0.05, 0) is 68.5 Å². The summed E-state index contributed by atoms with van der Waals surface area (Å²) < 4.78 is 4.53. The van der Waals surface area contributed by atoms with E-state index in [4.69, 9.17) is 0 Å².